The molecule has 1 heterocycles. The molecule has 0 spiro atoms. The highest BCUT2D eigenvalue weighted by molar-refractivity contribution is 4.66. The maximum Gasteiger partial charge on any atom is 0.0594 e. The quantitative estimate of drug-likeness (QED) is 0.545. The third kappa shape index (κ3) is 7.38. The van der Waals surface area contributed by atoms with E-state index in [0.29, 0.717) is 0 Å². The van der Waals surface area contributed by atoms with E-state index in [9.17, 15) is 0 Å². The van der Waals surface area contributed by atoms with Gasteiger partial charge in [-0.25, -0.2) is 0 Å². The molecule has 1 aliphatic rings. The third-order valence-corrected chi connectivity index (χ3v) is 4.14. The zero-order chi connectivity index (χ0) is 13.1. The maximum atomic E-state index is 5.41. The highest BCUT2D eigenvalue weighted by Gasteiger charge is 2.13. The summed E-state index contributed by atoms with van der Waals surface area (Å²) in [7, 11) is 0. The number of hydrogen-bond acceptors (Lipinski definition) is 2. The Hall–Kier alpha value is -0.0800. The van der Waals surface area contributed by atoms with Gasteiger partial charge in [-0.1, -0.05) is 58.8 Å². The molecule has 18 heavy (non-hydrogen) atoms. The first-order valence-electron chi connectivity index (χ1n) is 8.16. The minimum Gasteiger partial charge on any atom is -0.379 e. The van der Waals surface area contributed by atoms with Crippen LogP contribution < -0.4 is 0 Å². The van der Waals surface area contributed by atoms with Gasteiger partial charge in [0.1, 0.15) is 0 Å². The Balaban J connectivity index is 2.16. The summed E-state index contributed by atoms with van der Waals surface area (Å²) in [5.41, 5.74) is 0. The molecule has 0 amide bonds. The van der Waals surface area contributed by atoms with Crippen molar-refractivity contribution in [2.24, 2.45) is 5.92 Å². The summed E-state index contributed by atoms with van der Waals surface area (Å²) in [6.45, 7) is 10.1. The largest absolute Gasteiger partial charge is 0.379 e. The summed E-state index contributed by atoms with van der Waals surface area (Å²) >= 11 is 0. The van der Waals surface area contributed by atoms with E-state index in [1.807, 2.05) is 0 Å². The van der Waals surface area contributed by atoms with Crippen LogP contribution in [0.4, 0.5) is 0 Å². The molecule has 1 fully saturated rings. The molecule has 1 aliphatic heterocycles. The summed E-state index contributed by atoms with van der Waals surface area (Å²) in [4.78, 5) is 2.59. The van der Waals surface area contributed by atoms with Gasteiger partial charge in [-0.05, 0) is 18.9 Å². The lowest BCUT2D eigenvalue weighted by Gasteiger charge is -2.28. The lowest BCUT2D eigenvalue weighted by atomic mass is 9.92. The molecule has 1 atom stereocenters. The predicted molar refractivity (Wildman–Crippen MR) is 79.0 cm³/mol. The van der Waals surface area contributed by atoms with Gasteiger partial charge in [0.05, 0.1) is 13.2 Å². The standard InChI is InChI=1S/C16H33NO/c1-3-5-7-9-16(8-6-4-2)10-11-17-12-14-18-15-13-17/h16H,3-15H2,1-2H3. The molecule has 1 unspecified atom stereocenters. The first kappa shape index (κ1) is 16.0. The summed E-state index contributed by atoms with van der Waals surface area (Å²) in [5, 5.41) is 0. The van der Waals surface area contributed by atoms with Crippen molar-refractivity contribution in [3.05, 3.63) is 0 Å². The fourth-order valence-corrected chi connectivity index (χ4v) is 2.80. The Bertz CT molecular complexity index is 178. The van der Waals surface area contributed by atoms with Gasteiger partial charge in [-0.15, -0.1) is 0 Å². The highest BCUT2D eigenvalue weighted by atomic mass is 16.5. The van der Waals surface area contributed by atoms with Gasteiger partial charge in [0, 0.05) is 13.1 Å². The SMILES string of the molecule is CCCCCC(CCCC)CCN1CCOCC1. The predicted octanol–water partition coefficient (Wildman–Crippen LogP) is 4.10. The van der Waals surface area contributed by atoms with Crippen LogP contribution in [0.3, 0.4) is 0 Å². The van der Waals surface area contributed by atoms with E-state index in [1.54, 1.807) is 0 Å². The average Bonchev–Trinajstić information content (AvgIpc) is 2.42. The Morgan fingerprint density at radius 1 is 0.889 bits per heavy atom. The molecule has 1 saturated heterocycles. The van der Waals surface area contributed by atoms with Crippen molar-refractivity contribution in [2.45, 2.75) is 65.2 Å². The van der Waals surface area contributed by atoms with Gasteiger partial charge < -0.3 is 4.74 Å². The Labute approximate surface area is 114 Å². The fourth-order valence-electron chi connectivity index (χ4n) is 2.80. The second-order valence-electron chi connectivity index (χ2n) is 5.75. The normalized spacial score (nSPS) is 19.0. The van der Waals surface area contributed by atoms with Gasteiger partial charge in [0.15, 0.2) is 0 Å². The molecule has 0 radical (unpaired) electrons. The van der Waals surface area contributed by atoms with Crippen molar-refractivity contribution in [1.29, 1.82) is 0 Å². The number of ether oxygens (including phenoxy) is 1. The first-order valence-corrected chi connectivity index (χ1v) is 8.16. The van der Waals surface area contributed by atoms with Crippen LogP contribution in [0.1, 0.15) is 65.2 Å². The molecule has 0 aromatic carbocycles. The minimum atomic E-state index is 0.940. The van der Waals surface area contributed by atoms with Crippen LogP contribution in [0, 0.1) is 5.92 Å². The van der Waals surface area contributed by atoms with E-state index in [0.717, 1.165) is 32.2 Å². The van der Waals surface area contributed by atoms with Crippen LogP contribution in [-0.4, -0.2) is 37.7 Å². The second-order valence-corrected chi connectivity index (χ2v) is 5.75. The molecule has 0 N–H and O–H groups in total. The van der Waals surface area contributed by atoms with Gasteiger partial charge in [-0.3, -0.25) is 4.90 Å². The zero-order valence-corrected chi connectivity index (χ0v) is 12.6. The Morgan fingerprint density at radius 3 is 2.22 bits per heavy atom. The number of hydrogen-bond donors (Lipinski definition) is 0. The Morgan fingerprint density at radius 2 is 1.56 bits per heavy atom. The monoisotopic (exact) mass is 255 g/mol. The van der Waals surface area contributed by atoms with E-state index in [1.165, 1.54) is 57.9 Å². The molecule has 2 heteroatoms. The number of nitrogens with zero attached hydrogens (tertiary/aromatic N) is 1. The lowest BCUT2D eigenvalue weighted by Crippen LogP contribution is -2.37. The summed E-state index contributed by atoms with van der Waals surface area (Å²) in [6, 6.07) is 0. The van der Waals surface area contributed by atoms with E-state index in [4.69, 9.17) is 4.74 Å². The van der Waals surface area contributed by atoms with Gasteiger partial charge in [0.25, 0.3) is 0 Å². The van der Waals surface area contributed by atoms with Crippen molar-refractivity contribution < 1.29 is 4.74 Å². The van der Waals surface area contributed by atoms with Crippen molar-refractivity contribution in [2.75, 3.05) is 32.8 Å². The van der Waals surface area contributed by atoms with E-state index in [2.05, 4.69) is 18.7 Å². The first-order chi connectivity index (χ1) is 8.86. The van der Waals surface area contributed by atoms with Crippen molar-refractivity contribution in [3.63, 3.8) is 0 Å². The van der Waals surface area contributed by atoms with Crippen molar-refractivity contribution >= 4 is 0 Å². The summed E-state index contributed by atoms with van der Waals surface area (Å²) in [6.07, 6.45) is 11.3. The van der Waals surface area contributed by atoms with Gasteiger partial charge in [-0.2, -0.15) is 0 Å². The van der Waals surface area contributed by atoms with Crippen molar-refractivity contribution in [3.8, 4) is 0 Å². The molecule has 0 aliphatic carbocycles. The number of rotatable bonds is 10. The number of morpholine rings is 1. The summed E-state index contributed by atoms with van der Waals surface area (Å²) < 4.78 is 5.41. The second kappa shape index (κ2) is 10.8. The fraction of sp³-hybridized carbons (Fsp3) is 1.00. The van der Waals surface area contributed by atoms with Crippen LogP contribution in [-0.2, 0) is 4.74 Å². The molecule has 0 aromatic rings. The molecular formula is C16H33NO. The molecule has 108 valence electrons. The zero-order valence-electron chi connectivity index (χ0n) is 12.6. The molecule has 0 saturated carbocycles. The molecule has 2 nitrogen and oxygen atoms in total. The highest BCUT2D eigenvalue weighted by Crippen LogP contribution is 2.21. The maximum absolute atomic E-state index is 5.41. The van der Waals surface area contributed by atoms with Gasteiger partial charge in [0.2, 0.25) is 0 Å². The topological polar surface area (TPSA) is 12.5 Å². The lowest BCUT2D eigenvalue weighted by molar-refractivity contribution is 0.0349. The van der Waals surface area contributed by atoms with E-state index in [-0.39, 0.29) is 0 Å². The minimum absolute atomic E-state index is 0.940. The van der Waals surface area contributed by atoms with Crippen LogP contribution in [0.15, 0.2) is 0 Å². The average molecular weight is 255 g/mol. The van der Waals surface area contributed by atoms with Crippen LogP contribution in [0.5, 0.6) is 0 Å². The van der Waals surface area contributed by atoms with E-state index < -0.39 is 0 Å². The summed E-state index contributed by atoms with van der Waals surface area (Å²) in [5.74, 6) is 0.972. The van der Waals surface area contributed by atoms with Crippen LogP contribution in [0.2, 0.25) is 0 Å². The number of unbranched alkanes of at least 4 members (excludes halogenated alkanes) is 3. The molecular weight excluding hydrogens is 222 g/mol. The van der Waals surface area contributed by atoms with Crippen molar-refractivity contribution in [1.82, 2.24) is 4.90 Å². The smallest absolute Gasteiger partial charge is 0.0594 e. The Kier molecular flexibility index (Phi) is 9.59. The molecule has 0 aromatic heterocycles. The van der Waals surface area contributed by atoms with Crippen LogP contribution in [0.25, 0.3) is 0 Å². The molecule has 1 rings (SSSR count). The van der Waals surface area contributed by atoms with Crippen LogP contribution >= 0.6 is 0 Å². The third-order valence-electron chi connectivity index (χ3n) is 4.14. The molecule has 0 bridgehead atoms. The van der Waals surface area contributed by atoms with E-state index >= 15 is 0 Å². The van der Waals surface area contributed by atoms with Gasteiger partial charge >= 0.3 is 0 Å².